The molecule has 0 aromatic rings. The third-order valence-corrected chi connectivity index (χ3v) is 4.10. The minimum atomic E-state index is -0.111. The maximum absolute atomic E-state index is 10.2. The largest absolute Gasteiger partial charge is 0.393 e. The zero-order chi connectivity index (χ0) is 11.5. The van der Waals surface area contributed by atoms with E-state index in [-0.39, 0.29) is 11.5 Å². The molecular formula is C14H26O. The van der Waals surface area contributed by atoms with Crippen LogP contribution in [0, 0.1) is 5.41 Å². The normalized spacial score (nSPS) is 29.4. The molecule has 1 nitrogen and oxygen atoms in total. The molecule has 1 rings (SSSR count). The van der Waals surface area contributed by atoms with Crippen LogP contribution in [-0.4, -0.2) is 11.2 Å². The average molecular weight is 210 g/mol. The van der Waals surface area contributed by atoms with E-state index in [1.165, 1.54) is 24.0 Å². The van der Waals surface area contributed by atoms with Crippen molar-refractivity contribution >= 4 is 0 Å². The summed E-state index contributed by atoms with van der Waals surface area (Å²) < 4.78 is 0. The Morgan fingerprint density at radius 3 is 2.53 bits per heavy atom. The first-order chi connectivity index (χ1) is 6.99. The van der Waals surface area contributed by atoms with E-state index in [2.05, 4.69) is 27.7 Å². The molecule has 2 atom stereocenters. The van der Waals surface area contributed by atoms with Crippen molar-refractivity contribution < 1.29 is 5.11 Å². The van der Waals surface area contributed by atoms with Gasteiger partial charge in [0.25, 0.3) is 0 Å². The Balaban J connectivity index is 2.60. The van der Waals surface area contributed by atoms with Crippen molar-refractivity contribution in [3.05, 3.63) is 11.1 Å². The summed E-state index contributed by atoms with van der Waals surface area (Å²) >= 11 is 0. The lowest BCUT2D eigenvalue weighted by molar-refractivity contribution is 0.0191. The minimum absolute atomic E-state index is 0.111. The predicted molar refractivity (Wildman–Crippen MR) is 65.9 cm³/mol. The molecule has 0 saturated carbocycles. The molecule has 2 unspecified atom stereocenters. The highest BCUT2D eigenvalue weighted by atomic mass is 16.3. The quantitative estimate of drug-likeness (QED) is 0.694. The number of aliphatic hydroxyl groups excluding tert-OH is 1. The van der Waals surface area contributed by atoms with Crippen molar-refractivity contribution in [2.75, 3.05) is 0 Å². The number of aliphatic hydroxyl groups is 1. The molecule has 1 aliphatic rings. The van der Waals surface area contributed by atoms with Gasteiger partial charge in [0, 0.05) is 0 Å². The Bertz CT molecular complexity index is 242. The standard InChI is InChI=1S/C14H26O/c1-5-6-7-13(15)14(4)9-8-11(2)12(3)10-14/h13,15H,5-10H2,1-4H3. The van der Waals surface area contributed by atoms with E-state index >= 15 is 0 Å². The van der Waals surface area contributed by atoms with Gasteiger partial charge >= 0.3 is 0 Å². The molecule has 1 heteroatoms. The van der Waals surface area contributed by atoms with E-state index in [9.17, 15) is 5.11 Å². The summed E-state index contributed by atoms with van der Waals surface area (Å²) in [5.41, 5.74) is 3.17. The smallest absolute Gasteiger partial charge is 0.0597 e. The first-order valence-corrected chi connectivity index (χ1v) is 6.33. The highest BCUT2D eigenvalue weighted by Crippen LogP contribution is 2.42. The average Bonchev–Trinajstić information content (AvgIpc) is 2.20. The summed E-state index contributed by atoms with van der Waals surface area (Å²) in [6, 6.07) is 0. The summed E-state index contributed by atoms with van der Waals surface area (Å²) in [4.78, 5) is 0. The lowest BCUT2D eigenvalue weighted by Crippen LogP contribution is -2.34. The van der Waals surface area contributed by atoms with Crippen LogP contribution in [0.4, 0.5) is 0 Å². The Morgan fingerprint density at radius 2 is 2.00 bits per heavy atom. The van der Waals surface area contributed by atoms with E-state index in [1.54, 1.807) is 0 Å². The van der Waals surface area contributed by atoms with Crippen LogP contribution >= 0.6 is 0 Å². The van der Waals surface area contributed by atoms with Gasteiger partial charge in [0.2, 0.25) is 0 Å². The topological polar surface area (TPSA) is 20.2 Å². The molecule has 0 fully saturated rings. The highest BCUT2D eigenvalue weighted by molar-refractivity contribution is 5.16. The molecule has 0 saturated heterocycles. The summed E-state index contributed by atoms with van der Waals surface area (Å²) in [5, 5.41) is 10.2. The zero-order valence-electron chi connectivity index (χ0n) is 10.8. The predicted octanol–water partition coefficient (Wildman–Crippen LogP) is 4.06. The molecule has 0 amide bonds. The number of hydrogen-bond acceptors (Lipinski definition) is 1. The summed E-state index contributed by atoms with van der Waals surface area (Å²) in [5.74, 6) is 0. The van der Waals surface area contributed by atoms with Crippen molar-refractivity contribution in [3.63, 3.8) is 0 Å². The van der Waals surface area contributed by atoms with Crippen LogP contribution in [0.25, 0.3) is 0 Å². The SMILES string of the molecule is CCCCC(O)C1(C)CCC(C)=C(C)C1. The first kappa shape index (κ1) is 12.8. The molecule has 0 spiro atoms. The van der Waals surface area contributed by atoms with Crippen LogP contribution < -0.4 is 0 Å². The molecule has 0 heterocycles. The Labute approximate surface area is 94.6 Å². The maximum Gasteiger partial charge on any atom is 0.0597 e. The molecule has 1 N–H and O–H groups in total. The lowest BCUT2D eigenvalue weighted by atomic mass is 9.69. The number of unbranched alkanes of at least 4 members (excludes halogenated alkanes) is 1. The Hall–Kier alpha value is -0.300. The monoisotopic (exact) mass is 210 g/mol. The molecule has 0 bridgehead atoms. The number of allylic oxidation sites excluding steroid dienone is 2. The van der Waals surface area contributed by atoms with Gasteiger partial charge in [-0.1, -0.05) is 37.8 Å². The lowest BCUT2D eigenvalue weighted by Gasteiger charge is -2.39. The van der Waals surface area contributed by atoms with Crippen molar-refractivity contribution in [2.24, 2.45) is 5.41 Å². The van der Waals surface area contributed by atoms with Crippen LogP contribution in [0.15, 0.2) is 11.1 Å². The van der Waals surface area contributed by atoms with Crippen LogP contribution in [-0.2, 0) is 0 Å². The second-order valence-corrected chi connectivity index (χ2v) is 5.55. The fourth-order valence-electron chi connectivity index (χ4n) is 2.56. The number of rotatable bonds is 4. The van der Waals surface area contributed by atoms with Crippen LogP contribution in [0.3, 0.4) is 0 Å². The van der Waals surface area contributed by atoms with Crippen molar-refractivity contribution in [1.29, 1.82) is 0 Å². The van der Waals surface area contributed by atoms with Gasteiger partial charge in [-0.2, -0.15) is 0 Å². The zero-order valence-corrected chi connectivity index (χ0v) is 10.8. The fraction of sp³-hybridized carbons (Fsp3) is 0.857. The second kappa shape index (κ2) is 5.16. The molecule has 0 radical (unpaired) electrons. The molecule has 88 valence electrons. The van der Waals surface area contributed by atoms with Crippen LogP contribution in [0.2, 0.25) is 0 Å². The van der Waals surface area contributed by atoms with E-state index in [0.29, 0.717) is 0 Å². The van der Waals surface area contributed by atoms with Gasteiger partial charge in [-0.3, -0.25) is 0 Å². The van der Waals surface area contributed by atoms with E-state index in [4.69, 9.17) is 0 Å². The molecule has 0 aromatic carbocycles. The summed E-state index contributed by atoms with van der Waals surface area (Å²) in [7, 11) is 0. The van der Waals surface area contributed by atoms with Crippen LogP contribution in [0.5, 0.6) is 0 Å². The molecule has 0 aromatic heterocycles. The van der Waals surface area contributed by atoms with Gasteiger partial charge < -0.3 is 5.11 Å². The second-order valence-electron chi connectivity index (χ2n) is 5.55. The minimum Gasteiger partial charge on any atom is -0.393 e. The Morgan fingerprint density at radius 1 is 1.33 bits per heavy atom. The summed E-state index contributed by atoms with van der Waals surface area (Å²) in [6.07, 6.45) is 6.61. The van der Waals surface area contributed by atoms with E-state index in [1.807, 2.05) is 0 Å². The van der Waals surface area contributed by atoms with E-state index < -0.39 is 0 Å². The summed E-state index contributed by atoms with van der Waals surface area (Å²) in [6.45, 7) is 8.89. The molecular weight excluding hydrogens is 184 g/mol. The molecule has 15 heavy (non-hydrogen) atoms. The molecule has 0 aliphatic heterocycles. The Kier molecular flexibility index (Phi) is 4.39. The van der Waals surface area contributed by atoms with Crippen molar-refractivity contribution in [2.45, 2.75) is 72.3 Å². The number of hydrogen-bond donors (Lipinski definition) is 1. The first-order valence-electron chi connectivity index (χ1n) is 6.33. The fourth-order valence-corrected chi connectivity index (χ4v) is 2.56. The molecule has 1 aliphatic carbocycles. The van der Waals surface area contributed by atoms with Gasteiger partial charge in [-0.05, 0) is 44.9 Å². The van der Waals surface area contributed by atoms with E-state index in [0.717, 1.165) is 25.7 Å². The van der Waals surface area contributed by atoms with Crippen LogP contribution in [0.1, 0.15) is 66.2 Å². The van der Waals surface area contributed by atoms with Gasteiger partial charge in [0.05, 0.1) is 6.10 Å². The van der Waals surface area contributed by atoms with Gasteiger partial charge in [0.1, 0.15) is 0 Å². The van der Waals surface area contributed by atoms with Crippen molar-refractivity contribution in [3.8, 4) is 0 Å². The highest BCUT2D eigenvalue weighted by Gasteiger charge is 2.35. The van der Waals surface area contributed by atoms with Gasteiger partial charge in [0.15, 0.2) is 0 Å². The van der Waals surface area contributed by atoms with Gasteiger partial charge in [-0.15, -0.1) is 0 Å². The third kappa shape index (κ3) is 3.07. The van der Waals surface area contributed by atoms with Crippen molar-refractivity contribution in [1.82, 2.24) is 0 Å². The maximum atomic E-state index is 10.2. The third-order valence-electron chi connectivity index (χ3n) is 4.10. The van der Waals surface area contributed by atoms with Gasteiger partial charge in [-0.25, -0.2) is 0 Å².